The number of carbonyl (C=O) groups is 2. The zero-order valence-corrected chi connectivity index (χ0v) is 15.1. The standard InChI is InChI=1S/C22H17ClNO3/c23-18-13-11-15(12-14-18)19(21(24)25)22(26)27-20(16-7-3-1-4-8-16)17-9-5-2-6-10-17/h1-14,19-20,24H. The monoisotopic (exact) mass is 378 g/mol. The lowest BCUT2D eigenvalue weighted by Gasteiger charge is -2.21. The van der Waals surface area contributed by atoms with Crippen molar-refractivity contribution in [3.63, 3.8) is 0 Å². The second kappa shape index (κ2) is 8.52. The number of halogens is 1. The summed E-state index contributed by atoms with van der Waals surface area (Å²) in [7, 11) is 0. The molecule has 3 rings (SSSR count). The van der Waals surface area contributed by atoms with Gasteiger partial charge in [-0.05, 0) is 28.8 Å². The SMILES string of the molecule is [NH]C(=O)C(C(=O)OC(c1ccccc1)c1ccccc1)c1ccc(Cl)cc1. The summed E-state index contributed by atoms with van der Waals surface area (Å²) in [4.78, 5) is 24.7. The van der Waals surface area contributed by atoms with Gasteiger partial charge in [-0.15, -0.1) is 0 Å². The van der Waals surface area contributed by atoms with Crippen LogP contribution >= 0.6 is 11.6 Å². The van der Waals surface area contributed by atoms with Gasteiger partial charge in [0, 0.05) is 5.02 Å². The lowest BCUT2D eigenvalue weighted by atomic mass is 9.97. The van der Waals surface area contributed by atoms with Crippen LogP contribution in [0.1, 0.15) is 28.7 Å². The van der Waals surface area contributed by atoms with E-state index in [1.54, 1.807) is 24.3 Å². The maximum absolute atomic E-state index is 12.8. The van der Waals surface area contributed by atoms with Crippen molar-refractivity contribution in [1.29, 1.82) is 0 Å². The molecule has 1 atom stereocenters. The van der Waals surface area contributed by atoms with E-state index in [1.165, 1.54) is 0 Å². The number of carbonyl (C=O) groups excluding carboxylic acids is 2. The Hall–Kier alpha value is -3.11. The summed E-state index contributed by atoms with van der Waals surface area (Å²) >= 11 is 5.87. The third kappa shape index (κ3) is 4.54. The molecule has 1 unspecified atom stereocenters. The van der Waals surface area contributed by atoms with E-state index >= 15 is 0 Å². The normalized spacial score (nSPS) is 11.8. The fourth-order valence-electron chi connectivity index (χ4n) is 2.82. The largest absolute Gasteiger partial charge is 0.452 e. The molecule has 0 aliphatic carbocycles. The smallest absolute Gasteiger partial charge is 0.324 e. The van der Waals surface area contributed by atoms with Crippen LogP contribution in [0.25, 0.3) is 0 Å². The van der Waals surface area contributed by atoms with Gasteiger partial charge in [-0.3, -0.25) is 15.3 Å². The van der Waals surface area contributed by atoms with Crippen LogP contribution in [0.3, 0.4) is 0 Å². The average molecular weight is 379 g/mol. The van der Waals surface area contributed by atoms with Crippen molar-refractivity contribution in [2.75, 3.05) is 0 Å². The Bertz CT molecular complexity index is 872. The number of esters is 1. The third-order valence-electron chi connectivity index (χ3n) is 4.14. The summed E-state index contributed by atoms with van der Waals surface area (Å²) in [6.07, 6.45) is -0.672. The molecule has 27 heavy (non-hydrogen) atoms. The molecule has 3 aromatic rings. The summed E-state index contributed by atoms with van der Waals surface area (Å²) in [5.41, 5.74) is 9.48. The van der Waals surface area contributed by atoms with Crippen LogP contribution in [0.4, 0.5) is 0 Å². The molecule has 135 valence electrons. The number of rotatable bonds is 6. The Morgan fingerprint density at radius 2 is 1.22 bits per heavy atom. The van der Waals surface area contributed by atoms with Crippen molar-refractivity contribution in [2.24, 2.45) is 0 Å². The van der Waals surface area contributed by atoms with Crippen molar-refractivity contribution in [1.82, 2.24) is 5.73 Å². The Kier molecular flexibility index (Phi) is 5.89. The van der Waals surface area contributed by atoms with Gasteiger partial charge in [-0.1, -0.05) is 84.4 Å². The molecule has 0 saturated heterocycles. The van der Waals surface area contributed by atoms with Crippen LogP contribution in [0.15, 0.2) is 84.9 Å². The lowest BCUT2D eigenvalue weighted by Crippen LogP contribution is -2.26. The molecule has 0 aromatic heterocycles. The molecule has 1 radical (unpaired) electrons. The fraction of sp³-hybridized carbons (Fsp3) is 0.0909. The molecule has 1 N–H and O–H groups in total. The highest BCUT2D eigenvalue weighted by Gasteiger charge is 2.31. The van der Waals surface area contributed by atoms with Crippen LogP contribution < -0.4 is 5.73 Å². The first-order valence-corrected chi connectivity index (χ1v) is 8.75. The minimum absolute atomic E-state index is 0.379. The molecule has 4 nitrogen and oxygen atoms in total. The highest BCUT2D eigenvalue weighted by atomic mass is 35.5. The number of nitrogens with one attached hydrogen (secondary N) is 1. The van der Waals surface area contributed by atoms with Crippen molar-refractivity contribution in [3.8, 4) is 0 Å². The summed E-state index contributed by atoms with van der Waals surface area (Å²) in [5.74, 6) is -3.12. The van der Waals surface area contributed by atoms with Gasteiger partial charge < -0.3 is 4.74 Å². The van der Waals surface area contributed by atoms with Gasteiger partial charge in [-0.25, -0.2) is 0 Å². The molecule has 0 bridgehead atoms. The second-order valence-corrected chi connectivity index (χ2v) is 6.42. The third-order valence-corrected chi connectivity index (χ3v) is 4.39. The highest BCUT2D eigenvalue weighted by molar-refractivity contribution is 6.30. The Morgan fingerprint density at radius 3 is 1.67 bits per heavy atom. The van der Waals surface area contributed by atoms with Crippen LogP contribution in [-0.2, 0) is 14.3 Å². The minimum Gasteiger partial charge on any atom is -0.452 e. The average Bonchev–Trinajstić information content (AvgIpc) is 2.69. The molecular weight excluding hydrogens is 362 g/mol. The van der Waals surface area contributed by atoms with Crippen molar-refractivity contribution < 1.29 is 14.3 Å². The van der Waals surface area contributed by atoms with Crippen molar-refractivity contribution in [3.05, 3.63) is 107 Å². The van der Waals surface area contributed by atoms with E-state index in [4.69, 9.17) is 22.1 Å². The maximum atomic E-state index is 12.8. The van der Waals surface area contributed by atoms with E-state index in [0.29, 0.717) is 10.6 Å². The Balaban J connectivity index is 1.93. The van der Waals surface area contributed by atoms with Crippen LogP contribution in [0.5, 0.6) is 0 Å². The van der Waals surface area contributed by atoms with Gasteiger partial charge in [0.05, 0.1) is 0 Å². The van der Waals surface area contributed by atoms with Crippen LogP contribution in [0, 0.1) is 0 Å². The van der Waals surface area contributed by atoms with E-state index in [2.05, 4.69) is 0 Å². The second-order valence-electron chi connectivity index (χ2n) is 5.99. The lowest BCUT2D eigenvalue weighted by molar-refractivity contribution is -0.151. The van der Waals surface area contributed by atoms with E-state index < -0.39 is 23.9 Å². The summed E-state index contributed by atoms with van der Waals surface area (Å²) in [6, 6.07) is 24.8. The predicted octanol–water partition coefficient (Wildman–Crippen LogP) is 4.57. The molecule has 0 heterocycles. The molecule has 0 spiro atoms. The van der Waals surface area contributed by atoms with Crippen LogP contribution in [-0.4, -0.2) is 11.9 Å². The summed E-state index contributed by atoms with van der Waals surface area (Å²) in [6.45, 7) is 0. The molecule has 0 aliphatic rings. The number of hydrogen-bond donors (Lipinski definition) is 0. The van der Waals surface area contributed by atoms with Gasteiger partial charge in [0.2, 0.25) is 0 Å². The molecule has 5 heteroatoms. The number of ether oxygens (including phenoxy) is 1. The van der Waals surface area contributed by atoms with E-state index in [9.17, 15) is 9.59 Å². The minimum atomic E-state index is -1.32. The number of amides is 1. The Labute approximate surface area is 162 Å². The van der Waals surface area contributed by atoms with Gasteiger partial charge >= 0.3 is 5.97 Å². The fourth-order valence-corrected chi connectivity index (χ4v) is 2.94. The number of hydrogen-bond acceptors (Lipinski definition) is 3. The topological polar surface area (TPSA) is 67.2 Å². The molecule has 0 saturated carbocycles. The molecule has 0 fully saturated rings. The van der Waals surface area contributed by atoms with Gasteiger partial charge in [-0.2, -0.15) is 0 Å². The zero-order valence-electron chi connectivity index (χ0n) is 14.3. The number of benzene rings is 3. The van der Waals surface area contributed by atoms with E-state index in [0.717, 1.165) is 11.1 Å². The molecular formula is C22H17ClNO3. The van der Waals surface area contributed by atoms with E-state index in [1.807, 2.05) is 60.7 Å². The summed E-state index contributed by atoms with van der Waals surface area (Å²) in [5, 5.41) is 0.481. The predicted molar refractivity (Wildman–Crippen MR) is 103 cm³/mol. The maximum Gasteiger partial charge on any atom is 0.324 e. The first-order valence-electron chi connectivity index (χ1n) is 8.37. The van der Waals surface area contributed by atoms with Gasteiger partial charge in [0.25, 0.3) is 5.91 Å². The first kappa shape index (κ1) is 18.7. The molecule has 3 aromatic carbocycles. The molecule has 1 amide bonds. The Morgan fingerprint density at radius 1 is 0.741 bits per heavy atom. The van der Waals surface area contributed by atoms with Crippen molar-refractivity contribution in [2.45, 2.75) is 12.0 Å². The zero-order chi connectivity index (χ0) is 19.2. The van der Waals surface area contributed by atoms with Crippen molar-refractivity contribution >= 4 is 23.5 Å². The molecule has 0 aliphatic heterocycles. The van der Waals surface area contributed by atoms with Crippen LogP contribution in [0.2, 0.25) is 5.02 Å². The first-order chi connectivity index (χ1) is 13.1. The van der Waals surface area contributed by atoms with E-state index in [-0.39, 0.29) is 0 Å². The van der Waals surface area contributed by atoms with Gasteiger partial charge in [0.15, 0.2) is 12.0 Å². The summed E-state index contributed by atoms with van der Waals surface area (Å²) < 4.78 is 5.72. The van der Waals surface area contributed by atoms with Gasteiger partial charge in [0.1, 0.15) is 0 Å². The quantitative estimate of drug-likeness (QED) is 0.466. The highest BCUT2D eigenvalue weighted by Crippen LogP contribution is 2.29.